The van der Waals surface area contributed by atoms with Gasteiger partial charge in [0, 0.05) is 110 Å². The summed E-state index contributed by atoms with van der Waals surface area (Å²) >= 11 is 0. The largest absolute Gasteiger partial charge is 0.456 e. The molecule has 6 heteroatoms. The Kier molecular flexibility index (Phi) is 17.5. The van der Waals surface area contributed by atoms with E-state index in [0.29, 0.717) is 0 Å². The van der Waals surface area contributed by atoms with E-state index < -0.39 is 0 Å². The number of para-hydroxylation sites is 2. The maximum Gasteiger partial charge on any atom is 0.143 e. The van der Waals surface area contributed by atoms with E-state index in [1.165, 1.54) is 190 Å². The maximum absolute atomic E-state index is 6.79. The van der Waals surface area contributed by atoms with Crippen molar-refractivity contribution in [2.75, 3.05) is 9.80 Å². The van der Waals surface area contributed by atoms with Gasteiger partial charge in [-0.3, -0.25) is 0 Å². The quantitative estimate of drug-likeness (QED) is 0.0847. The molecule has 0 bridgehead atoms. The highest BCUT2D eigenvalue weighted by atomic mass is 16.3. The smallest absolute Gasteiger partial charge is 0.143 e. The molecule has 0 aliphatic heterocycles. The number of benzene rings is 28. The Morgan fingerprint density at radius 1 is 0.120 bits per heavy atom. The molecule has 658 valence electrons. The van der Waals surface area contributed by atoms with Crippen LogP contribution in [0.15, 0.2) is 503 Å². The molecular formula is C136H80N2O4. The van der Waals surface area contributed by atoms with Gasteiger partial charge in [-0.2, -0.15) is 0 Å². The summed E-state index contributed by atoms with van der Waals surface area (Å²) in [6.45, 7) is 0. The van der Waals surface area contributed by atoms with Crippen LogP contribution >= 0.6 is 0 Å². The third-order valence-corrected chi connectivity index (χ3v) is 30.1. The van der Waals surface area contributed by atoms with Crippen LogP contribution in [0.5, 0.6) is 0 Å². The van der Waals surface area contributed by atoms with Crippen molar-refractivity contribution < 1.29 is 17.7 Å². The van der Waals surface area contributed by atoms with E-state index in [-0.39, 0.29) is 0 Å². The van der Waals surface area contributed by atoms with Gasteiger partial charge in [-0.05, 0) is 280 Å². The van der Waals surface area contributed by atoms with Gasteiger partial charge in [-0.25, -0.2) is 0 Å². The maximum atomic E-state index is 6.79. The average molecular weight is 1810 g/mol. The van der Waals surface area contributed by atoms with Crippen LogP contribution in [0.2, 0.25) is 0 Å². The molecule has 4 heterocycles. The SMILES string of the molecule is c1ccc(-c2ccc(-c3ccc(-c4ccc5c6cccc7ccc8ccc9oc4c5c9c8c76)cc3)cc2)cc1.c1ccc(-c2cccc(N(c3ccc(-c4cc5ccc6cccc7c8cccc9oc4c(c98)c5c67)cc3)c3ccc4oc5ccccc5c4c3)c2)cc1.c1ccc(N(c2ccc(-c3ccc4ccccc4c3)cc2)c2ccc(-c3cc4ccc5cccc6c7cccc8oc3c(c87)c4c56)cc2)cc1. The lowest BCUT2D eigenvalue weighted by Gasteiger charge is -2.26. The van der Waals surface area contributed by atoms with Gasteiger partial charge < -0.3 is 27.5 Å². The van der Waals surface area contributed by atoms with E-state index in [1.54, 1.807) is 0 Å². The molecule has 0 N–H and O–H groups in total. The molecule has 142 heavy (non-hydrogen) atoms. The third kappa shape index (κ3) is 12.4. The number of nitrogens with zero attached hydrogens (tertiary/aromatic N) is 2. The van der Waals surface area contributed by atoms with Gasteiger partial charge in [0.2, 0.25) is 0 Å². The van der Waals surface area contributed by atoms with Crippen LogP contribution in [-0.2, 0) is 0 Å². The van der Waals surface area contributed by atoms with Crippen molar-refractivity contribution in [2.24, 2.45) is 0 Å². The summed E-state index contributed by atoms with van der Waals surface area (Å²) in [7, 11) is 0. The molecule has 0 unspecified atom stereocenters. The van der Waals surface area contributed by atoms with E-state index >= 15 is 0 Å². The molecule has 0 aliphatic carbocycles. The first kappa shape index (κ1) is 79.3. The molecular weight excluding hydrogens is 1730 g/mol. The predicted octanol–water partition coefficient (Wildman–Crippen LogP) is 39.4. The fourth-order valence-corrected chi connectivity index (χ4v) is 23.6. The average Bonchev–Trinajstić information content (AvgIpc) is 1.51. The van der Waals surface area contributed by atoms with Crippen molar-refractivity contribution in [2.45, 2.75) is 0 Å². The lowest BCUT2D eigenvalue weighted by molar-refractivity contribution is 0.669. The van der Waals surface area contributed by atoms with Gasteiger partial charge in [-0.1, -0.05) is 358 Å². The zero-order valence-corrected chi connectivity index (χ0v) is 76.7. The van der Waals surface area contributed by atoms with Crippen molar-refractivity contribution >= 4 is 230 Å². The number of fused-ring (bicyclic) bond motifs is 7. The summed E-state index contributed by atoms with van der Waals surface area (Å²) in [6.07, 6.45) is 0. The van der Waals surface area contributed by atoms with Crippen LogP contribution in [0.25, 0.3) is 273 Å². The van der Waals surface area contributed by atoms with E-state index in [2.05, 4.69) is 483 Å². The highest BCUT2D eigenvalue weighted by Gasteiger charge is 2.29. The Morgan fingerprint density at radius 2 is 0.430 bits per heavy atom. The molecule has 4 aromatic heterocycles. The first-order valence-electron chi connectivity index (χ1n) is 48.7. The zero-order valence-electron chi connectivity index (χ0n) is 76.7. The topological polar surface area (TPSA) is 59.0 Å². The van der Waals surface area contributed by atoms with Crippen molar-refractivity contribution in [1.29, 1.82) is 0 Å². The van der Waals surface area contributed by atoms with Crippen LogP contribution in [0.3, 0.4) is 0 Å². The molecule has 32 aromatic rings. The van der Waals surface area contributed by atoms with Gasteiger partial charge in [0.1, 0.15) is 44.7 Å². The van der Waals surface area contributed by atoms with Crippen LogP contribution in [0.4, 0.5) is 34.1 Å². The minimum atomic E-state index is 0.880. The summed E-state index contributed by atoms with van der Waals surface area (Å²) in [5.41, 5.74) is 30.4. The minimum absolute atomic E-state index is 0.880. The van der Waals surface area contributed by atoms with E-state index in [4.69, 9.17) is 17.7 Å². The Balaban J connectivity index is 0.000000101. The molecule has 0 radical (unpaired) electrons. The van der Waals surface area contributed by atoms with Gasteiger partial charge in [-0.15, -0.1) is 0 Å². The summed E-state index contributed by atoms with van der Waals surface area (Å²) in [4.78, 5) is 4.66. The summed E-state index contributed by atoms with van der Waals surface area (Å²) in [5.74, 6) is 0. The fourth-order valence-electron chi connectivity index (χ4n) is 23.6. The molecule has 0 spiro atoms. The van der Waals surface area contributed by atoms with Crippen molar-refractivity contribution in [3.05, 3.63) is 485 Å². The first-order chi connectivity index (χ1) is 70.4. The number of anilines is 6. The second-order valence-electron chi connectivity index (χ2n) is 37.9. The molecule has 0 fully saturated rings. The molecule has 32 rings (SSSR count). The summed E-state index contributed by atoms with van der Waals surface area (Å²) in [6, 6.07) is 175. The van der Waals surface area contributed by atoms with E-state index in [1.807, 2.05) is 12.1 Å². The number of furan rings is 4. The zero-order chi connectivity index (χ0) is 92.9. The Morgan fingerprint density at radius 3 is 0.993 bits per heavy atom. The summed E-state index contributed by atoms with van der Waals surface area (Å²) in [5, 5.41) is 35.1. The molecule has 0 atom stereocenters. The minimum Gasteiger partial charge on any atom is -0.456 e. The van der Waals surface area contributed by atoms with Crippen LogP contribution in [0, 0.1) is 0 Å². The Bertz CT molecular complexity index is 10500. The van der Waals surface area contributed by atoms with Crippen LogP contribution in [-0.4, -0.2) is 0 Å². The van der Waals surface area contributed by atoms with Gasteiger partial charge in [0.15, 0.2) is 0 Å². The molecule has 28 aromatic carbocycles. The van der Waals surface area contributed by atoms with E-state index in [9.17, 15) is 0 Å². The van der Waals surface area contributed by atoms with Gasteiger partial charge >= 0.3 is 0 Å². The van der Waals surface area contributed by atoms with Crippen LogP contribution < -0.4 is 9.80 Å². The van der Waals surface area contributed by atoms with E-state index in [0.717, 1.165) is 117 Å². The number of hydrogen-bond acceptors (Lipinski definition) is 6. The molecule has 0 aliphatic rings. The highest BCUT2D eigenvalue weighted by Crippen LogP contribution is 2.55. The number of rotatable bonds is 13. The lowest BCUT2D eigenvalue weighted by Crippen LogP contribution is -2.10. The Hall–Kier alpha value is -18.9. The number of hydrogen-bond donors (Lipinski definition) is 0. The summed E-state index contributed by atoms with van der Waals surface area (Å²) < 4.78 is 26.4. The second-order valence-corrected chi connectivity index (χ2v) is 37.9. The standard InChI is InChI=1S/C50H29NO2.C48H29NO.C38H22O/c1-2-9-30(10-3-1)33-12-6-13-36(27-33)51(37-25-26-44-42(29-37)38-14-4-5-17-43(38)52-44)35-23-21-31(22-24-35)41-28-34-20-19-32-11-7-15-39-40-16-8-18-45-48(40)49(50(41)53-45)47(34)46(32)39;1-2-11-37(12-3-1)49(38-24-20-31(21-25-38)35-18-16-30-8-4-5-9-34(30)28-35)39-26-22-32(23-27-39)42-29-36-19-17-33-10-6-13-40-41-14-7-15-43-46(41)47(48(42)50-43)45(36)44(33)40;1-2-5-23(6-3-1)24-9-11-25(12-10-24)26-13-15-27(16-14-26)30-20-21-32-31-8-4-7-28-17-18-29-19-22-33-37(35(29)34(28)31)36(32)38(30)39-33/h1-29H;1-29H;1-22H. The van der Waals surface area contributed by atoms with Crippen molar-refractivity contribution in [1.82, 2.24) is 0 Å². The molecule has 0 saturated carbocycles. The monoisotopic (exact) mass is 1800 g/mol. The van der Waals surface area contributed by atoms with Crippen LogP contribution in [0.1, 0.15) is 0 Å². The molecule has 6 nitrogen and oxygen atoms in total. The first-order valence-corrected chi connectivity index (χ1v) is 48.7. The van der Waals surface area contributed by atoms with Crippen molar-refractivity contribution in [3.63, 3.8) is 0 Å². The van der Waals surface area contributed by atoms with Crippen molar-refractivity contribution in [3.8, 4) is 77.9 Å². The third-order valence-electron chi connectivity index (χ3n) is 30.1. The Labute approximate surface area is 814 Å². The lowest BCUT2D eigenvalue weighted by atomic mass is 9.87. The highest BCUT2D eigenvalue weighted by molar-refractivity contribution is 6.43. The molecule has 0 amide bonds. The fraction of sp³-hybridized carbons (Fsp3) is 0. The predicted molar refractivity (Wildman–Crippen MR) is 598 cm³/mol. The second kappa shape index (κ2) is 31.3. The van der Waals surface area contributed by atoms with Gasteiger partial charge in [0.05, 0.1) is 0 Å². The normalized spacial score (nSPS) is 12.1. The van der Waals surface area contributed by atoms with Gasteiger partial charge in [0.25, 0.3) is 0 Å². The molecule has 0 saturated heterocycles.